The Morgan fingerprint density at radius 1 is 1.64 bits per heavy atom. The number of ether oxygens (including phenoxy) is 1. The van der Waals surface area contributed by atoms with Crippen LogP contribution in [0.1, 0.15) is 20.8 Å². The molecule has 0 radical (unpaired) electrons. The van der Waals surface area contributed by atoms with E-state index in [9.17, 15) is 0 Å². The Hall–Kier alpha value is -0.120. The quantitative estimate of drug-likeness (QED) is 0.571. The summed E-state index contributed by atoms with van der Waals surface area (Å²) in [6.45, 7) is 6.90. The first-order chi connectivity index (χ1) is 5.06. The van der Waals surface area contributed by atoms with E-state index in [-0.39, 0.29) is 18.2 Å². The third-order valence-electron chi connectivity index (χ3n) is 2.21. The van der Waals surface area contributed by atoms with Crippen molar-refractivity contribution in [1.82, 2.24) is 5.32 Å². The highest BCUT2D eigenvalue weighted by Gasteiger charge is 2.34. The maximum Gasteiger partial charge on any atom is 0.0802 e. The lowest BCUT2D eigenvalue weighted by Crippen LogP contribution is -2.59. The van der Waals surface area contributed by atoms with E-state index in [1.54, 1.807) is 0 Å². The van der Waals surface area contributed by atoms with E-state index < -0.39 is 0 Å². The lowest BCUT2D eigenvalue weighted by molar-refractivity contribution is -0.0976. The van der Waals surface area contributed by atoms with Crippen molar-refractivity contribution >= 4 is 0 Å². The molecule has 2 N–H and O–H groups in total. The Kier molecular flexibility index (Phi) is 2.52. The van der Waals surface area contributed by atoms with E-state index in [4.69, 9.17) is 9.84 Å². The molecule has 3 nitrogen and oxygen atoms in total. The molecule has 2 unspecified atom stereocenters. The highest BCUT2D eigenvalue weighted by Crippen LogP contribution is 2.19. The van der Waals surface area contributed by atoms with Gasteiger partial charge in [0.1, 0.15) is 0 Å². The summed E-state index contributed by atoms with van der Waals surface area (Å²) in [6, 6.07) is 0.409. The minimum Gasteiger partial charge on any atom is -0.395 e. The molecule has 0 bridgehead atoms. The van der Waals surface area contributed by atoms with E-state index in [0.29, 0.717) is 6.04 Å². The van der Waals surface area contributed by atoms with Crippen LogP contribution in [0.5, 0.6) is 0 Å². The Morgan fingerprint density at radius 2 is 2.27 bits per heavy atom. The van der Waals surface area contributed by atoms with Crippen molar-refractivity contribution in [2.45, 2.75) is 38.5 Å². The summed E-state index contributed by atoms with van der Waals surface area (Å²) in [5.74, 6) is 0. The fourth-order valence-electron chi connectivity index (χ4n) is 1.31. The molecular weight excluding hydrogens is 142 g/mol. The minimum atomic E-state index is -0.235. The van der Waals surface area contributed by atoms with Gasteiger partial charge in [0.15, 0.2) is 0 Å². The molecule has 11 heavy (non-hydrogen) atoms. The summed E-state index contributed by atoms with van der Waals surface area (Å²) >= 11 is 0. The largest absolute Gasteiger partial charge is 0.395 e. The SMILES string of the molecule is CC1COC(C)(C)C(CO)N1. The summed E-state index contributed by atoms with van der Waals surface area (Å²) in [6.07, 6.45) is 0. The summed E-state index contributed by atoms with van der Waals surface area (Å²) in [4.78, 5) is 0. The zero-order valence-corrected chi connectivity index (χ0v) is 7.42. The van der Waals surface area contributed by atoms with Crippen LogP contribution in [0, 0.1) is 0 Å². The molecule has 1 heterocycles. The molecule has 1 aliphatic rings. The van der Waals surface area contributed by atoms with Crippen molar-refractivity contribution in [2.24, 2.45) is 0 Å². The smallest absolute Gasteiger partial charge is 0.0802 e. The number of aliphatic hydroxyl groups is 1. The average molecular weight is 159 g/mol. The highest BCUT2D eigenvalue weighted by atomic mass is 16.5. The number of nitrogens with one attached hydrogen (secondary N) is 1. The van der Waals surface area contributed by atoms with Crippen LogP contribution in [-0.2, 0) is 4.74 Å². The monoisotopic (exact) mass is 159 g/mol. The first-order valence-corrected chi connectivity index (χ1v) is 4.07. The van der Waals surface area contributed by atoms with Crippen molar-refractivity contribution < 1.29 is 9.84 Å². The van der Waals surface area contributed by atoms with Gasteiger partial charge in [-0.25, -0.2) is 0 Å². The topological polar surface area (TPSA) is 41.5 Å². The molecule has 66 valence electrons. The summed E-state index contributed by atoms with van der Waals surface area (Å²) in [7, 11) is 0. The Labute approximate surface area is 67.7 Å². The molecule has 0 saturated carbocycles. The molecular formula is C8H17NO2. The average Bonchev–Trinajstić information content (AvgIpc) is 1.94. The van der Waals surface area contributed by atoms with E-state index in [1.165, 1.54) is 0 Å². The minimum absolute atomic E-state index is 0.0613. The standard InChI is InChI=1S/C8H17NO2/c1-6-5-11-8(2,3)7(4-10)9-6/h6-7,9-10H,4-5H2,1-3H3. The molecule has 0 amide bonds. The molecule has 1 saturated heterocycles. The fraction of sp³-hybridized carbons (Fsp3) is 1.00. The van der Waals surface area contributed by atoms with Gasteiger partial charge in [0.05, 0.1) is 24.9 Å². The molecule has 0 aromatic rings. The van der Waals surface area contributed by atoms with Crippen molar-refractivity contribution in [3.63, 3.8) is 0 Å². The fourth-order valence-corrected chi connectivity index (χ4v) is 1.31. The van der Waals surface area contributed by atoms with Crippen LogP contribution in [0.3, 0.4) is 0 Å². The van der Waals surface area contributed by atoms with Gasteiger partial charge in [-0.2, -0.15) is 0 Å². The van der Waals surface area contributed by atoms with E-state index >= 15 is 0 Å². The van der Waals surface area contributed by atoms with Crippen LogP contribution in [-0.4, -0.2) is 36.0 Å². The predicted molar refractivity (Wildman–Crippen MR) is 43.5 cm³/mol. The van der Waals surface area contributed by atoms with Crippen LogP contribution >= 0.6 is 0 Å². The summed E-state index contributed by atoms with van der Waals surface area (Å²) in [5.41, 5.74) is -0.235. The number of morpholine rings is 1. The maximum absolute atomic E-state index is 9.00. The molecule has 1 rings (SSSR count). The lowest BCUT2D eigenvalue weighted by atomic mass is 9.96. The number of hydrogen-bond acceptors (Lipinski definition) is 3. The Balaban J connectivity index is 2.56. The second-order valence-corrected chi connectivity index (χ2v) is 3.72. The first kappa shape index (κ1) is 8.97. The van der Waals surface area contributed by atoms with Crippen molar-refractivity contribution in [1.29, 1.82) is 0 Å². The molecule has 0 aromatic heterocycles. The van der Waals surface area contributed by atoms with Crippen LogP contribution in [0.25, 0.3) is 0 Å². The summed E-state index contributed by atoms with van der Waals surface area (Å²) in [5, 5.41) is 12.3. The van der Waals surface area contributed by atoms with Crippen molar-refractivity contribution in [3.8, 4) is 0 Å². The van der Waals surface area contributed by atoms with Gasteiger partial charge < -0.3 is 15.2 Å². The van der Waals surface area contributed by atoms with Gasteiger partial charge in [-0.3, -0.25) is 0 Å². The maximum atomic E-state index is 9.00. The second-order valence-electron chi connectivity index (χ2n) is 3.72. The zero-order valence-electron chi connectivity index (χ0n) is 7.42. The second kappa shape index (κ2) is 3.09. The third kappa shape index (κ3) is 1.92. The lowest BCUT2D eigenvalue weighted by Gasteiger charge is -2.41. The van der Waals surface area contributed by atoms with Crippen LogP contribution < -0.4 is 5.32 Å². The molecule has 0 aromatic carbocycles. The predicted octanol–water partition coefficient (Wildman–Crippen LogP) is 0.134. The van der Waals surface area contributed by atoms with Gasteiger partial charge in [-0.15, -0.1) is 0 Å². The molecule has 0 spiro atoms. The molecule has 0 aliphatic carbocycles. The molecule has 3 heteroatoms. The van der Waals surface area contributed by atoms with E-state index in [0.717, 1.165) is 6.61 Å². The number of rotatable bonds is 1. The van der Waals surface area contributed by atoms with Gasteiger partial charge in [-0.1, -0.05) is 0 Å². The first-order valence-electron chi connectivity index (χ1n) is 4.07. The molecule has 1 fully saturated rings. The van der Waals surface area contributed by atoms with Crippen molar-refractivity contribution in [3.05, 3.63) is 0 Å². The normalized spacial score (nSPS) is 37.1. The van der Waals surface area contributed by atoms with Crippen LogP contribution in [0.4, 0.5) is 0 Å². The van der Waals surface area contributed by atoms with Gasteiger partial charge >= 0.3 is 0 Å². The van der Waals surface area contributed by atoms with Gasteiger partial charge in [-0.05, 0) is 20.8 Å². The third-order valence-corrected chi connectivity index (χ3v) is 2.21. The van der Waals surface area contributed by atoms with Crippen molar-refractivity contribution in [2.75, 3.05) is 13.2 Å². The Bertz CT molecular complexity index is 136. The highest BCUT2D eigenvalue weighted by molar-refractivity contribution is 4.90. The zero-order chi connectivity index (χ0) is 8.48. The van der Waals surface area contributed by atoms with Gasteiger partial charge in [0, 0.05) is 6.04 Å². The number of hydrogen-bond donors (Lipinski definition) is 2. The van der Waals surface area contributed by atoms with Gasteiger partial charge in [0.2, 0.25) is 0 Å². The van der Waals surface area contributed by atoms with Crippen LogP contribution in [0.2, 0.25) is 0 Å². The molecule has 1 aliphatic heterocycles. The number of aliphatic hydroxyl groups excluding tert-OH is 1. The Morgan fingerprint density at radius 3 is 2.73 bits per heavy atom. The van der Waals surface area contributed by atoms with Crippen LogP contribution in [0.15, 0.2) is 0 Å². The van der Waals surface area contributed by atoms with Gasteiger partial charge in [0.25, 0.3) is 0 Å². The van der Waals surface area contributed by atoms with E-state index in [1.807, 2.05) is 13.8 Å². The summed E-state index contributed by atoms with van der Waals surface area (Å²) < 4.78 is 5.56. The van der Waals surface area contributed by atoms with E-state index in [2.05, 4.69) is 12.2 Å². The molecule has 2 atom stereocenters.